The highest BCUT2D eigenvalue weighted by Crippen LogP contribution is 2.15. The van der Waals surface area contributed by atoms with Crippen LogP contribution in [0.3, 0.4) is 0 Å². The molecule has 0 saturated carbocycles. The number of carboxylic acid groups (broad SMARTS) is 1. The molecule has 0 bridgehead atoms. The van der Waals surface area contributed by atoms with Gasteiger partial charge in [-0.2, -0.15) is 11.8 Å². The number of aliphatic carboxylic acids is 1. The molecule has 168 valence electrons. The number of thioether (sulfide) groups is 1. The van der Waals surface area contributed by atoms with Gasteiger partial charge in [0.1, 0.15) is 6.04 Å². The van der Waals surface area contributed by atoms with Gasteiger partial charge in [-0.3, -0.25) is 9.69 Å². The lowest BCUT2D eigenvalue weighted by molar-refractivity contribution is -0.142. The number of carboxylic acids is 1. The van der Waals surface area contributed by atoms with Crippen LogP contribution in [0.4, 0.5) is 0 Å². The van der Waals surface area contributed by atoms with E-state index in [2.05, 4.69) is 18.7 Å². The minimum absolute atomic E-state index is 0.274. The highest BCUT2D eigenvalue weighted by atomic mass is 32.2. The van der Waals surface area contributed by atoms with Crippen molar-refractivity contribution in [1.82, 2.24) is 4.90 Å². The van der Waals surface area contributed by atoms with E-state index in [-0.39, 0.29) is 6.61 Å². The molecule has 0 radical (unpaired) electrons. The molecule has 0 aromatic rings. The van der Waals surface area contributed by atoms with Gasteiger partial charge in [0.25, 0.3) is 0 Å². The van der Waals surface area contributed by atoms with Crippen LogP contribution < -0.4 is 0 Å². The molecule has 0 amide bonds. The summed E-state index contributed by atoms with van der Waals surface area (Å²) in [5.74, 6) is 0.0585. The second-order valence-corrected chi connectivity index (χ2v) is 8.87. The van der Waals surface area contributed by atoms with E-state index in [4.69, 9.17) is 5.11 Å². The normalized spacial score (nSPS) is 13.8. The van der Waals surface area contributed by atoms with Crippen molar-refractivity contribution in [2.45, 2.75) is 103 Å². The number of nitrogens with zero attached hydrogens (tertiary/aromatic N) is 1. The standard InChI is InChI=1S/C22H45NO4S/c1-3-5-7-9-11-13-15-23(16-14-12-10-8-6-4-2)21(22(26)27)19-28-18-20(25)17-24/h20-21,24-25H,3-19H2,1-2H3,(H,26,27). The lowest BCUT2D eigenvalue weighted by Crippen LogP contribution is -2.44. The fourth-order valence-corrected chi connectivity index (χ4v) is 4.41. The van der Waals surface area contributed by atoms with Gasteiger partial charge in [-0.25, -0.2) is 0 Å². The Morgan fingerprint density at radius 3 is 1.71 bits per heavy atom. The highest BCUT2D eigenvalue weighted by molar-refractivity contribution is 7.99. The number of hydrogen-bond donors (Lipinski definition) is 3. The molecule has 0 fully saturated rings. The fraction of sp³-hybridized carbons (Fsp3) is 0.955. The van der Waals surface area contributed by atoms with Crippen LogP contribution in [0.25, 0.3) is 0 Å². The van der Waals surface area contributed by atoms with Gasteiger partial charge in [-0.1, -0.05) is 78.1 Å². The quantitative estimate of drug-likeness (QED) is 0.237. The Morgan fingerprint density at radius 1 is 0.821 bits per heavy atom. The summed E-state index contributed by atoms with van der Waals surface area (Å²) >= 11 is 1.42. The lowest BCUT2D eigenvalue weighted by Gasteiger charge is -2.29. The van der Waals surface area contributed by atoms with E-state index in [1.165, 1.54) is 63.1 Å². The minimum atomic E-state index is -0.775. The summed E-state index contributed by atoms with van der Waals surface area (Å²) in [6, 6.07) is -0.512. The number of unbranched alkanes of at least 4 members (excludes halogenated alkanes) is 10. The van der Waals surface area contributed by atoms with Crippen LogP contribution in [-0.2, 0) is 4.79 Å². The van der Waals surface area contributed by atoms with Gasteiger partial charge in [0.05, 0.1) is 12.7 Å². The largest absolute Gasteiger partial charge is 0.480 e. The number of rotatable bonds is 21. The summed E-state index contributed by atoms with van der Waals surface area (Å²) in [6.07, 6.45) is 13.7. The van der Waals surface area contributed by atoms with Crippen molar-refractivity contribution >= 4 is 17.7 Å². The summed E-state index contributed by atoms with van der Waals surface area (Å²) < 4.78 is 0. The zero-order valence-electron chi connectivity index (χ0n) is 18.3. The van der Waals surface area contributed by atoms with Crippen LogP contribution in [0, 0.1) is 0 Å². The molecular weight excluding hydrogens is 374 g/mol. The van der Waals surface area contributed by atoms with E-state index in [9.17, 15) is 15.0 Å². The smallest absolute Gasteiger partial charge is 0.321 e. The van der Waals surface area contributed by atoms with Crippen LogP contribution in [-0.4, -0.2) is 69.5 Å². The molecule has 0 spiro atoms. The molecule has 2 atom stereocenters. The first-order valence-corrected chi connectivity index (χ1v) is 12.6. The second-order valence-electron chi connectivity index (χ2n) is 7.80. The highest BCUT2D eigenvalue weighted by Gasteiger charge is 2.25. The Bertz CT molecular complexity index is 341. The van der Waals surface area contributed by atoms with Crippen LogP contribution in [0.1, 0.15) is 90.9 Å². The van der Waals surface area contributed by atoms with Crippen molar-refractivity contribution < 1.29 is 20.1 Å². The molecule has 0 aliphatic carbocycles. The van der Waals surface area contributed by atoms with Gasteiger partial charge in [0.2, 0.25) is 0 Å². The number of aliphatic hydroxyl groups excluding tert-OH is 2. The third kappa shape index (κ3) is 15.6. The predicted molar refractivity (Wildman–Crippen MR) is 120 cm³/mol. The Hall–Kier alpha value is -0.300. The number of hydrogen-bond acceptors (Lipinski definition) is 5. The molecule has 6 heteroatoms. The molecule has 3 N–H and O–H groups in total. The molecule has 0 aromatic carbocycles. The van der Waals surface area contributed by atoms with Crippen molar-refractivity contribution in [2.75, 3.05) is 31.2 Å². The van der Waals surface area contributed by atoms with Crippen LogP contribution >= 0.6 is 11.8 Å². The first kappa shape index (κ1) is 27.7. The zero-order chi connectivity index (χ0) is 21.0. The predicted octanol–water partition coefficient (Wildman–Crippen LogP) is 4.55. The second kappa shape index (κ2) is 20.0. The molecule has 0 saturated heterocycles. The molecule has 5 nitrogen and oxygen atoms in total. The molecule has 0 aromatic heterocycles. The van der Waals surface area contributed by atoms with Gasteiger partial charge in [0, 0.05) is 11.5 Å². The van der Waals surface area contributed by atoms with Gasteiger partial charge < -0.3 is 15.3 Å². The SMILES string of the molecule is CCCCCCCCN(CCCCCCCC)C(CSCC(O)CO)C(=O)O. The van der Waals surface area contributed by atoms with Crippen molar-refractivity contribution in [3.05, 3.63) is 0 Å². The van der Waals surface area contributed by atoms with Gasteiger partial charge >= 0.3 is 5.97 Å². The average Bonchev–Trinajstić information content (AvgIpc) is 2.68. The number of carbonyl (C=O) groups is 1. The Morgan fingerprint density at radius 2 is 1.29 bits per heavy atom. The van der Waals surface area contributed by atoms with Crippen molar-refractivity contribution in [3.63, 3.8) is 0 Å². The summed E-state index contributed by atoms with van der Waals surface area (Å²) in [5, 5.41) is 28.2. The maximum atomic E-state index is 11.9. The average molecular weight is 420 g/mol. The summed E-state index contributed by atoms with van der Waals surface area (Å²) in [5.41, 5.74) is 0. The van der Waals surface area contributed by atoms with Gasteiger partial charge in [0.15, 0.2) is 0 Å². The van der Waals surface area contributed by atoms with Crippen molar-refractivity contribution in [3.8, 4) is 0 Å². The third-order valence-electron chi connectivity index (χ3n) is 5.12. The molecule has 0 heterocycles. The van der Waals surface area contributed by atoms with Crippen LogP contribution in [0.5, 0.6) is 0 Å². The molecule has 2 unspecified atom stereocenters. The molecular formula is C22H45NO4S. The van der Waals surface area contributed by atoms with Crippen molar-refractivity contribution in [2.24, 2.45) is 0 Å². The monoisotopic (exact) mass is 419 g/mol. The summed E-state index contributed by atoms with van der Waals surface area (Å²) in [4.78, 5) is 14.0. The first-order chi connectivity index (χ1) is 13.6. The Kier molecular flexibility index (Phi) is 19.8. The summed E-state index contributed by atoms with van der Waals surface area (Å²) in [7, 11) is 0. The van der Waals surface area contributed by atoms with Gasteiger partial charge in [-0.15, -0.1) is 0 Å². The van der Waals surface area contributed by atoms with Crippen LogP contribution in [0.15, 0.2) is 0 Å². The van der Waals surface area contributed by atoms with E-state index >= 15 is 0 Å². The van der Waals surface area contributed by atoms with E-state index in [1.807, 2.05) is 0 Å². The number of aliphatic hydroxyl groups is 2. The van der Waals surface area contributed by atoms with Crippen LogP contribution in [0.2, 0.25) is 0 Å². The van der Waals surface area contributed by atoms with Crippen molar-refractivity contribution in [1.29, 1.82) is 0 Å². The maximum absolute atomic E-state index is 11.9. The van der Waals surface area contributed by atoms with E-state index < -0.39 is 18.1 Å². The zero-order valence-corrected chi connectivity index (χ0v) is 19.1. The van der Waals surface area contributed by atoms with E-state index in [0.717, 1.165) is 38.8 Å². The van der Waals surface area contributed by atoms with E-state index in [0.29, 0.717) is 11.5 Å². The Balaban J connectivity index is 4.48. The first-order valence-electron chi connectivity index (χ1n) is 11.4. The third-order valence-corrected chi connectivity index (χ3v) is 6.29. The Labute approximate surface area is 177 Å². The molecule has 0 rings (SSSR count). The lowest BCUT2D eigenvalue weighted by atomic mass is 10.1. The molecule has 28 heavy (non-hydrogen) atoms. The topological polar surface area (TPSA) is 81.0 Å². The van der Waals surface area contributed by atoms with Gasteiger partial charge in [-0.05, 0) is 25.9 Å². The van der Waals surface area contributed by atoms with E-state index in [1.54, 1.807) is 0 Å². The fourth-order valence-electron chi connectivity index (χ4n) is 3.32. The maximum Gasteiger partial charge on any atom is 0.321 e. The molecule has 0 aliphatic heterocycles. The minimum Gasteiger partial charge on any atom is -0.480 e. The summed E-state index contributed by atoms with van der Waals surface area (Å²) in [6.45, 7) is 5.82. The molecule has 0 aliphatic rings.